The molecule has 0 aliphatic rings. The standard InChI is InChI=1S/C6H10N4O2/c7-8-5(11)2-1-4-3-6(12)10-9-4/h3H,1-2,7H2,(H,8,11)(H2,9,10,12). The van der Waals surface area contributed by atoms with Gasteiger partial charge >= 0.3 is 0 Å². The lowest BCUT2D eigenvalue weighted by molar-refractivity contribution is -0.121. The van der Waals surface area contributed by atoms with Crippen LogP contribution in [0.4, 0.5) is 0 Å². The molecule has 0 atom stereocenters. The van der Waals surface area contributed by atoms with E-state index in [1.165, 1.54) is 6.07 Å². The van der Waals surface area contributed by atoms with Crippen LogP contribution in [0.25, 0.3) is 0 Å². The van der Waals surface area contributed by atoms with E-state index in [2.05, 4.69) is 10.2 Å². The highest BCUT2D eigenvalue weighted by Gasteiger charge is 2.00. The van der Waals surface area contributed by atoms with Crippen LogP contribution in [-0.2, 0) is 11.2 Å². The van der Waals surface area contributed by atoms with Gasteiger partial charge in [0.2, 0.25) is 5.91 Å². The van der Waals surface area contributed by atoms with E-state index in [1.54, 1.807) is 0 Å². The first kappa shape index (κ1) is 8.54. The number of nitrogens with one attached hydrogen (secondary N) is 3. The molecule has 1 rings (SSSR count). The topological polar surface area (TPSA) is 104 Å². The first-order valence-electron chi connectivity index (χ1n) is 3.48. The van der Waals surface area contributed by atoms with Gasteiger partial charge in [0.05, 0.1) is 0 Å². The van der Waals surface area contributed by atoms with Crippen molar-refractivity contribution >= 4 is 5.91 Å². The van der Waals surface area contributed by atoms with Crippen molar-refractivity contribution in [1.29, 1.82) is 0 Å². The fourth-order valence-electron chi connectivity index (χ4n) is 0.827. The minimum Gasteiger partial charge on any atom is -0.302 e. The Balaban J connectivity index is 2.43. The maximum atomic E-state index is 10.7. The third-order valence-corrected chi connectivity index (χ3v) is 1.43. The third-order valence-electron chi connectivity index (χ3n) is 1.43. The maximum absolute atomic E-state index is 10.7. The lowest BCUT2D eigenvalue weighted by Crippen LogP contribution is -2.30. The molecule has 1 aromatic heterocycles. The van der Waals surface area contributed by atoms with Crippen LogP contribution in [0.5, 0.6) is 0 Å². The average Bonchev–Trinajstić information content (AvgIpc) is 2.47. The van der Waals surface area contributed by atoms with Crippen LogP contribution in [0.1, 0.15) is 12.1 Å². The Bertz CT molecular complexity index is 313. The molecule has 66 valence electrons. The zero-order valence-corrected chi connectivity index (χ0v) is 6.39. The van der Waals surface area contributed by atoms with Gasteiger partial charge in [0.25, 0.3) is 5.56 Å². The molecule has 1 aromatic rings. The van der Waals surface area contributed by atoms with Crippen LogP contribution < -0.4 is 16.8 Å². The number of hydrazine groups is 1. The van der Waals surface area contributed by atoms with Gasteiger partial charge in [-0.05, 0) is 6.42 Å². The number of rotatable bonds is 3. The average molecular weight is 170 g/mol. The summed E-state index contributed by atoms with van der Waals surface area (Å²) in [5.74, 6) is 4.61. The smallest absolute Gasteiger partial charge is 0.264 e. The van der Waals surface area contributed by atoms with E-state index in [9.17, 15) is 9.59 Å². The zero-order valence-electron chi connectivity index (χ0n) is 6.39. The number of aromatic amines is 2. The van der Waals surface area contributed by atoms with Gasteiger partial charge in [-0.1, -0.05) is 0 Å². The fraction of sp³-hybridized carbons (Fsp3) is 0.333. The summed E-state index contributed by atoms with van der Waals surface area (Å²) in [6.45, 7) is 0. The normalized spacial score (nSPS) is 9.75. The molecule has 0 spiro atoms. The number of amides is 1. The summed E-state index contributed by atoms with van der Waals surface area (Å²) >= 11 is 0. The number of nitrogens with two attached hydrogens (primary N) is 1. The molecule has 1 heterocycles. The Morgan fingerprint density at radius 3 is 2.83 bits per heavy atom. The summed E-state index contributed by atoms with van der Waals surface area (Å²) < 4.78 is 0. The number of aryl methyl sites for hydroxylation is 1. The molecule has 0 fully saturated rings. The molecule has 6 nitrogen and oxygen atoms in total. The number of hydrogen-bond donors (Lipinski definition) is 4. The SMILES string of the molecule is NNC(=O)CCc1cc(=O)[nH][nH]1. The van der Waals surface area contributed by atoms with E-state index >= 15 is 0 Å². The highest BCUT2D eigenvalue weighted by molar-refractivity contribution is 5.75. The van der Waals surface area contributed by atoms with Crippen LogP contribution >= 0.6 is 0 Å². The molecule has 0 saturated carbocycles. The molecule has 6 heteroatoms. The van der Waals surface area contributed by atoms with Crippen LogP contribution in [0.3, 0.4) is 0 Å². The van der Waals surface area contributed by atoms with Crippen LogP contribution in [0.2, 0.25) is 0 Å². The predicted octanol–water partition coefficient (Wildman–Crippen LogP) is -1.37. The minimum absolute atomic E-state index is 0.196. The first-order chi connectivity index (χ1) is 5.72. The second kappa shape index (κ2) is 3.72. The lowest BCUT2D eigenvalue weighted by Gasteiger charge is -1.95. The Labute approximate surface area is 68.1 Å². The molecule has 0 unspecified atom stereocenters. The summed E-state index contributed by atoms with van der Waals surface area (Å²) in [7, 11) is 0. The Hall–Kier alpha value is -1.56. The number of hydrogen-bond acceptors (Lipinski definition) is 3. The van der Waals surface area contributed by atoms with Gasteiger partial charge < -0.3 is 5.10 Å². The van der Waals surface area contributed by atoms with Crippen LogP contribution in [-0.4, -0.2) is 16.1 Å². The van der Waals surface area contributed by atoms with Gasteiger partial charge in [0.1, 0.15) is 0 Å². The fourth-order valence-corrected chi connectivity index (χ4v) is 0.827. The van der Waals surface area contributed by atoms with Gasteiger partial charge in [-0.25, -0.2) is 5.84 Å². The summed E-state index contributed by atoms with van der Waals surface area (Å²) in [5.41, 5.74) is 2.50. The van der Waals surface area contributed by atoms with E-state index in [-0.39, 0.29) is 17.9 Å². The molecule has 1 amide bonds. The summed E-state index contributed by atoms with van der Waals surface area (Å²) in [4.78, 5) is 21.2. The van der Waals surface area contributed by atoms with Crippen LogP contribution in [0, 0.1) is 0 Å². The highest BCUT2D eigenvalue weighted by Crippen LogP contribution is 1.93. The van der Waals surface area contributed by atoms with E-state index in [0.717, 1.165) is 0 Å². The number of aromatic nitrogens is 2. The van der Waals surface area contributed by atoms with Crippen molar-refractivity contribution in [3.05, 3.63) is 22.1 Å². The number of carbonyl (C=O) groups is 1. The Kier molecular flexibility index (Phi) is 2.65. The van der Waals surface area contributed by atoms with Gasteiger partial charge in [-0.15, -0.1) is 0 Å². The van der Waals surface area contributed by atoms with E-state index in [0.29, 0.717) is 12.1 Å². The molecule has 0 aromatic carbocycles. The molecular formula is C6H10N4O2. The van der Waals surface area contributed by atoms with Gasteiger partial charge in [0, 0.05) is 18.2 Å². The summed E-state index contributed by atoms with van der Waals surface area (Å²) in [6, 6.07) is 1.41. The molecule has 12 heavy (non-hydrogen) atoms. The van der Waals surface area contributed by atoms with Crippen molar-refractivity contribution in [2.24, 2.45) is 5.84 Å². The Morgan fingerprint density at radius 2 is 2.33 bits per heavy atom. The second-order valence-electron chi connectivity index (χ2n) is 2.35. The molecule has 0 aliphatic carbocycles. The molecule has 5 N–H and O–H groups in total. The monoisotopic (exact) mass is 170 g/mol. The lowest BCUT2D eigenvalue weighted by atomic mass is 10.2. The van der Waals surface area contributed by atoms with E-state index in [4.69, 9.17) is 5.84 Å². The minimum atomic E-state index is -0.253. The van der Waals surface area contributed by atoms with Crippen molar-refractivity contribution in [3.63, 3.8) is 0 Å². The van der Waals surface area contributed by atoms with E-state index in [1.807, 2.05) is 5.43 Å². The number of H-pyrrole nitrogens is 2. The summed E-state index contributed by atoms with van der Waals surface area (Å²) in [6.07, 6.45) is 0.742. The third kappa shape index (κ3) is 2.24. The molecule has 0 saturated heterocycles. The molecule has 0 aliphatic heterocycles. The quantitative estimate of drug-likeness (QED) is 0.255. The first-order valence-corrected chi connectivity index (χ1v) is 3.48. The van der Waals surface area contributed by atoms with Crippen molar-refractivity contribution < 1.29 is 4.79 Å². The van der Waals surface area contributed by atoms with Crippen molar-refractivity contribution in [3.8, 4) is 0 Å². The molecule has 0 bridgehead atoms. The second-order valence-corrected chi connectivity index (χ2v) is 2.35. The van der Waals surface area contributed by atoms with Gasteiger partial charge in [-0.2, -0.15) is 0 Å². The zero-order chi connectivity index (χ0) is 8.97. The Morgan fingerprint density at radius 1 is 1.58 bits per heavy atom. The largest absolute Gasteiger partial charge is 0.302 e. The van der Waals surface area contributed by atoms with Gasteiger partial charge in [0.15, 0.2) is 0 Å². The predicted molar refractivity (Wildman–Crippen MR) is 42.1 cm³/mol. The molecular weight excluding hydrogens is 160 g/mol. The van der Waals surface area contributed by atoms with Crippen molar-refractivity contribution in [2.75, 3.05) is 0 Å². The van der Waals surface area contributed by atoms with Crippen LogP contribution in [0.15, 0.2) is 10.9 Å². The van der Waals surface area contributed by atoms with Crippen molar-refractivity contribution in [2.45, 2.75) is 12.8 Å². The van der Waals surface area contributed by atoms with Crippen molar-refractivity contribution in [1.82, 2.24) is 15.6 Å². The van der Waals surface area contributed by atoms with E-state index < -0.39 is 0 Å². The highest BCUT2D eigenvalue weighted by atomic mass is 16.2. The summed E-state index contributed by atoms with van der Waals surface area (Å²) in [5, 5.41) is 4.99. The number of carbonyl (C=O) groups excluding carboxylic acids is 1. The van der Waals surface area contributed by atoms with Gasteiger partial charge in [-0.3, -0.25) is 20.1 Å². The maximum Gasteiger partial charge on any atom is 0.264 e. The molecule has 0 radical (unpaired) electrons.